The van der Waals surface area contributed by atoms with Crippen molar-refractivity contribution in [2.75, 3.05) is 37.6 Å². The van der Waals surface area contributed by atoms with Crippen molar-refractivity contribution in [3.05, 3.63) is 44.9 Å². The quantitative estimate of drug-likeness (QED) is 0.500. The number of thiazole rings is 1. The Morgan fingerprint density at radius 2 is 2.00 bits per heavy atom. The lowest BCUT2D eigenvalue weighted by Crippen LogP contribution is -2.47. The standard InChI is InChI=1S/C20H21ClN6O2S2/c21-14-8-17(30-12-14)16-13-31-19(25-16)11-24-20(29)15-9-23-18(10-22-15)27-5-3-26(4-6-27)2-1-7-28/h7-10,12-13H,1-6,11H2,(H,24,29). The average Bonchev–Trinajstić information content (AvgIpc) is 3.45. The highest BCUT2D eigenvalue weighted by molar-refractivity contribution is 7.15. The van der Waals surface area contributed by atoms with Crippen molar-refractivity contribution >= 4 is 52.3 Å². The van der Waals surface area contributed by atoms with Crippen LogP contribution in [0.1, 0.15) is 21.9 Å². The number of nitrogens with zero attached hydrogens (tertiary/aromatic N) is 5. The Labute approximate surface area is 192 Å². The number of hydrogen-bond donors (Lipinski definition) is 1. The molecule has 3 aromatic heterocycles. The molecule has 31 heavy (non-hydrogen) atoms. The number of halogens is 1. The first-order valence-corrected chi connectivity index (χ1v) is 12.0. The maximum Gasteiger partial charge on any atom is 0.271 e. The summed E-state index contributed by atoms with van der Waals surface area (Å²) in [6.07, 6.45) is 4.66. The Hall–Kier alpha value is -2.40. The first-order chi connectivity index (χ1) is 15.1. The van der Waals surface area contributed by atoms with Crippen molar-refractivity contribution in [3.63, 3.8) is 0 Å². The summed E-state index contributed by atoms with van der Waals surface area (Å²) in [4.78, 5) is 41.6. The average molecular weight is 477 g/mol. The molecular formula is C20H21ClN6O2S2. The fraction of sp³-hybridized carbons (Fsp3) is 0.350. The maximum absolute atomic E-state index is 12.4. The summed E-state index contributed by atoms with van der Waals surface area (Å²) < 4.78 is 0. The Balaban J connectivity index is 1.28. The van der Waals surface area contributed by atoms with Gasteiger partial charge < -0.3 is 15.0 Å². The fourth-order valence-electron chi connectivity index (χ4n) is 3.24. The molecule has 0 aliphatic carbocycles. The van der Waals surface area contributed by atoms with Gasteiger partial charge in [0, 0.05) is 49.9 Å². The van der Waals surface area contributed by atoms with Gasteiger partial charge in [0.05, 0.1) is 34.5 Å². The zero-order chi connectivity index (χ0) is 21.6. The van der Waals surface area contributed by atoms with Gasteiger partial charge in [-0.3, -0.25) is 9.69 Å². The largest absolute Gasteiger partial charge is 0.353 e. The second-order valence-corrected chi connectivity index (χ2v) is 9.27. The molecule has 0 atom stereocenters. The minimum absolute atomic E-state index is 0.273. The molecule has 1 saturated heterocycles. The third kappa shape index (κ3) is 5.65. The molecule has 0 bridgehead atoms. The van der Waals surface area contributed by atoms with Crippen molar-refractivity contribution in [1.29, 1.82) is 0 Å². The molecule has 0 saturated carbocycles. The highest BCUT2D eigenvalue weighted by Gasteiger charge is 2.18. The number of thiophene rings is 1. The van der Waals surface area contributed by atoms with E-state index >= 15 is 0 Å². The van der Waals surface area contributed by atoms with E-state index in [9.17, 15) is 9.59 Å². The molecule has 4 rings (SSSR count). The fourth-order valence-corrected chi connectivity index (χ4v) is 5.08. The van der Waals surface area contributed by atoms with Crippen LogP contribution in [0.3, 0.4) is 0 Å². The van der Waals surface area contributed by atoms with E-state index in [1.165, 1.54) is 28.9 Å². The van der Waals surface area contributed by atoms with Gasteiger partial charge >= 0.3 is 0 Å². The number of aldehydes is 1. The Morgan fingerprint density at radius 3 is 2.68 bits per heavy atom. The Kier molecular flexibility index (Phi) is 7.23. The van der Waals surface area contributed by atoms with Crippen LogP contribution in [0.2, 0.25) is 5.02 Å². The van der Waals surface area contributed by atoms with Crippen molar-refractivity contribution in [2.45, 2.75) is 13.0 Å². The molecule has 11 heteroatoms. The van der Waals surface area contributed by atoms with Crippen molar-refractivity contribution in [2.24, 2.45) is 0 Å². The monoisotopic (exact) mass is 476 g/mol. The predicted octanol–water partition coefficient (Wildman–Crippen LogP) is 2.96. The van der Waals surface area contributed by atoms with E-state index in [1.807, 2.05) is 16.8 Å². The van der Waals surface area contributed by atoms with Crippen molar-refractivity contribution in [1.82, 2.24) is 25.2 Å². The van der Waals surface area contributed by atoms with Crippen LogP contribution in [0.25, 0.3) is 10.6 Å². The van der Waals surface area contributed by atoms with E-state index in [4.69, 9.17) is 11.6 Å². The van der Waals surface area contributed by atoms with Gasteiger partial charge in [-0.25, -0.2) is 15.0 Å². The van der Waals surface area contributed by atoms with E-state index in [0.717, 1.165) is 60.4 Å². The number of rotatable bonds is 8. The van der Waals surface area contributed by atoms with Crippen molar-refractivity contribution < 1.29 is 9.59 Å². The smallest absolute Gasteiger partial charge is 0.271 e. The number of aromatic nitrogens is 3. The number of carbonyl (C=O) groups excluding carboxylic acids is 2. The number of anilines is 1. The molecule has 0 aromatic carbocycles. The molecule has 3 aromatic rings. The van der Waals surface area contributed by atoms with Crippen LogP contribution in [0, 0.1) is 0 Å². The van der Waals surface area contributed by atoms with Crippen LogP contribution < -0.4 is 10.2 Å². The summed E-state index contributed by atoms with van der Waals surface area (Å²) >= 11 is 9.00. The molecule has 1 aliphatic rings. The van der Waals surface area contributed by atoms with Gasteiger partial charge in [0.2, 0.25) is 0 Å². The molecule has 8 nitrogen and oxygen atoms in total. The third-order valence-corrected chi connectivity index (χ3v) is 7.05. The normalized spacial score (nSPS) is 14.5. The maximum atomic E-state index is 12.4. The van der Waals surface area contributed by atoms with E-state index in [0.29, 0.717) is 18.0 Å². The zero-order valence-electron chi connectivity index (χ0n) is 16.7. The van der Waals surface area contributed by atoms with Gasteiger partial charge in [0.1, 0.15) is 22.8 Å². The molecular weight excluding hydrogens is 456 g/mol. The number of nitrogens with one attached hydrogen (secondary N) is 1. The number of piperazine rings is 1. The molecule has 0 radical (unpaired) electrons. The van der Waals surface area contributed by atoms with E-state index in [2.05, 4.69) is 30.1 Å². The van der Waals surface area contributed by atoms with Crippen LogP contribution in [0.4, 0.5) is 5.82 Å². The zero-order valence-corrected chi connectivity index (χ0v) is 19.0. The van der Waals surface area contributed by atoms with Crippen LogP contribution in [0.5, 0.6) is 0 Å². The molecule has 4 heterocycles. The third-order valence-electron chi connectivity index (χ3n) is 4.90. The summed E-state index contributed by atoms with van der Waals surface area (Å²) in [5.41, 5.74) is 1.14. The SMILES string of the molecule is O=CCCN1CCN(c2cnc(C(=O)NCc3nc(-c4cc(Cl)cs4)cs3)cn2)CC1. The van der Waals surface area contributed by atoms with Gasteiger partial charge in [0.15, 0.2) is 0 Å². The summed E-state index contributed by atoms with van der Waals surface area (Å²) in [5, 5.41) is 8.18. The van der Waals surface area contributed by atoms with Crippen LogP contribution in [-0.4, -0.2) is 64.8 Å². The number of amides is 1. The van der Waals surface area contributed by atoms with Gasteiger partial charge in [-0.2, -0.15) is 0 Å². The second-order valence-electron chi connectivity index (χ2n) is 6.98. The topological polar surface area (TPSA) is 91.3 Å². The minimum atomic E-state index is -0.284. The molecule has 0 spiro atoms. The van der Waals surface area contributed by atoms with Gasteiger partial charge in [0.25, 0.3) is 5.91 Å². The highest BCUT2D eigenvalue weighted by atomic mass is 35.5. The molecule has 162 valence electrons. The van der Waals surface area contributed by atoms with E-state index in [-0.39, 0.29) is 11.6 Å². The first-order valence-electron chi connectivity index (χ1n) is 9.82. The number of carbonyl (C=O) groups is 2. The Bertz CT molecular complexity index is 1030. The summed E-state index contributed by atoms with van der Waals surface area (Å²) in [6, 6.07) is 1.88. The van der Waals surface area contributed by atoms with Crippen LogP contribution in [0.15, 0.2) is 29.2 Å². The second kappa shape index (κ2) is 10.3. The van der Waals surface area contributed by atoms with Crippen LogP contribution >= 0.6 is 34.3 Å². The van der Waals surface area contributed by atoms with E-state index < -0.39 is 0 Å². The van der Waals surface area contributed by atoms with Gasteiger partial charge in [-0.1, -0.05) is 11.6 Å². The van der Waals surface area contributed by atoms with Crippen molar-refractivity contribution in [3.8, 4) is 10.6 Å². The van der Waals surface area contributed by atoms with Gasteiger partial charge in [-0.15, -0.1) is 22.7 Å². The predicted molar refractivity (Wildman–Crippen MR) is 123 cm³/mol. The minimum Gasteiger partial charge on any atom is -0.353 e. The molecule has 1 N–H and O–H groups in total. The lowest BCUT2D eigenvalue weighted by atomic mass is 10.3. The number of hydrogen-bond acceptors (Lipinski definition) is 9. The van der Waals surface area contributed by atoms with E-state index in [1.54, 1.807) is 6.20 Å². The van der Waals surface area contributed by atoms with Crippen LogP contribution in [-0.2, 0) is 11.3 Å². The molecule has 1 fully saturated rings. The molecule has 1 aliphatic heterocycles. The summed E-state index contributed by atoms with van der Waals surface area (Å²) in [6.45, 7) is 4.52. The molecule has 1 amide bonds. The highest BCUT2D eigenvalue weighted by Crippen LogP contribution is 2.30. The lowest BCUT2D eigenvalue weighted by molar-refractivity contribution is -0.108. The molecule has 0 unspecified atom stereocenters. The summed E-state index contributed by atoms with van der Waals surface area (Å²) in [5.74, 6) is 0.472. The van der Waals surface area contributed by atoms with Gasteiger partial charge in [-0.05, 0) is 6.07 Å². The lowest BCUT2D eigenvalue weighted by Gasteiger charge is -2.34. The summed E-state index contributed by atoms with van der Waals surface area (Å²) in [7, 11) is 0. The Morgan fingerprint density at radius 1 is 1.16 bits per heavy atom. The first kappa shape index (κ1) is 21.8.